The van der Waals surface area contributed by atoms with Crippen LogP contribution in [0.25, 0.3) is 0 Å². The van der Waals surface area contributed by atoms with Gasteiger partial charge in [-0.2, -0.15) is 0 Å². The second-order valence-corrected chi connectivity index (χ2v) is 7.69. The van der Waals surface area contributed by atoms with E-state index in [1.807, 2.05) is 21.6 Å². The number of carbonyl (C=O) groups excluding carboxylic acids is 1. The van der Waals surface area contributed by atoms with E-state index in [2.05, 4.69) is 5.32 Å². The number of fused-ring (bicyclic) bond motifs is 4. The molecule has 2 aliphatic rings. The Bertz CT molecular complexity index is 925. The van der Waals surface area contributed by atoms with Crippen LogP contribution in [0.2, 0.25) is 5.02 Å². The van der Waals surface area contributed by atoms with Gasteiger partial charge < -0.3 is 9.47 Å². The van der Waals surface area contributed by atoms with Gasteiger partial charge in [-0.15, -0.1) is 0 Å². The lowest BCUT2D eigenvalue weighted by atomic mass is 9.83. The van der Waals surface area contributed by atoms with Crippen LogP contribution in [0, 0.1) is 5.92 Å². The van der Waals surface area contributed by atoms with Crippen molar-refractivity contribution in [2.75, 3.05) is 13.1 Å². The summed E-state index contributed by atoms with van der Waals surface area (Å²) in [6, 6.07) is 12.1. The maximum atomic E-state index is 12.4. The number of aromatic nitrogens is 1. The molecule has 134 valence electrons. The van der Waals surface area contributed by atoms with Crippen molar-refractivity contribution >= 4 is 34.8 Å². The van der Waals surface area contributed by atoms with Crippen molar-refractivity contribution in [3.63, 3.8) is 0 Å². The van der Waals surface area contributed by atoms with Gasteiger partial charge in [-0.3, -0.25) is 14.9 Å². The fourth-order valence-corrected chi connectivity index (χ4v) is 4.28. The third kappa shape index (κ3) is 3.27. The number of pyridine rings is 1. The molecule has 1 aromatic heterocycles. The maximum absolute atomic E-state index is 12.4. The van der Waals surface area contributed by atoms with E-state index in [0.717, 1.165) is 18.7 Å². The van der Waals surface area contributed by atoms with Crippen LogP contribution >= 0.6 is 23.8 Å². The van der Waals surface area contributed by atoms with Crippen LogP contribution in [0.4, 0.5) is 0 Å². The summed E-state index contributed by atoms with van der Waals surface area (Å²) in [4.78, 5) is 26.5. The summed E-state index contributed by atoms with van der Waals surface area (Å²) >= 11 is 11.3. The molecule has 26 heavy (non-hydrogen) atoms. The molecule has 5 nitrogen and oxygen atoms in total. The molecule has 0 aliphatic carbocycles. The number of hydrogen-bond acceptors (Lipinski definition) is 3. The predicted octanol–water partition coefficient (Wildman–Crippen LogP) is 2.64. The van der Waals surface area contributed by atoms with Crippen molar-refractivity contribution in [1.82, 2.24) is 14.8 Å². The van der Waals surface area contributed by atoms with Crippen LogP contribution in [0.3, 0.4) is 0 Å². The molecule has 0 radical (unpaired) electrons. The lowest BCUT2D eigenvalue weighted by Crippen LogP contribution is -2.52. The largest absolute Gasteiger partial charge is 0.348 e. The molecule has 2 bridgehead atoms. The predicted molar refractivity (Wildman–Crippen MR) is 105 cm³/mol. The lowest BCUT2D eigenvalue weighted by Gasteiger charge is -2.43. The molecule has 1 amide bonds. The zero-order valence-corrected chi connectivity index (χ0v) is 15.6. The quantitative estimate of drug-likeness (QED) is 0.764. The summed E-state index contributed by atoms with van der Waals surface area (Å²) in [5.74, 6) is 0.368. The summed E-state index contributed by atoms with van der Waals surface area (Å²) in [6.07, 6.45) is 1.05. The molecular formula is C19H18ClN3O2S. The van der Waals surface area contributed by atoms with E-state index in [0.29, 0.717) is 34.7 Å². The Morgan fingerprint density at radius 1 is 1.12 bits per heavy atom. The Morgan fingerprint density at radius 3 is 2.65 bits per heavy atom. The molecule has 4 rings (SSSR count). The zero-order chi connectivity index (χ0) is 18.3. The Labute approximate surface area is 161 Å². The number of piperidine rings is 1. The number of rotatable bonds is 1. The number of likely N-dealkylation sites (tertiary alicyclic amines) is 1. The number of amides is 1. The highest BCUT2D eigenvalue weighted by Gasteiger charge is 2.35. The molecule has 0 unspecified atom stereocenters. The number of thiocarbonyl (C=S) groups is 1. The van der Waals surface area contributed by atoms with Crippen LogP contribution in [0.1, 0.15) is 28.4 Å². The third-order valence-electron chi connectivity index (χ3n) is 5.09. The number of benzene rings is 1. The first kappa shape index (κ1) is 17.2. The van der Waals surface area contributed by atoms with Gasteiger partial charge in [-0.25, -0.2) is 0 Å². The normalized spacial score (nSPS) is 21.0. The van der Waals surface area contributed by atoms with Gasteiger partial charge in [0.05, 0.1) is 0 Å². The minimum atomic E-state index is -0.237. The highest BCUT2D eigenvalue weighted by atomic mass is 35.5. The summed E-state index contributed by atoms with van der Waals surface area (Å²) in [5.41, 5.74) is 1.64. The topological polar surface area (TPSA) is 54.3 Å². The first-order chi connectivity index (χ1) is 12.5. The minimum Gasteiger partial charge on any atom is -0.348 e. The average molecular weight is 388 g/mol. The maximum Gasteiger partial charge on any atom is 0.257 e. The van der Waals surface area contributed by atoms with Crippen LogP contribution in [-0.2, 0) is 6.54 Å². The van der Waals surface area contributed by atoms with Crippen molar-refractivity contribution in [1.29, 1.82) is 0 Å². The van der Waals surface area contributed by atoms with Crippen molar-refractivity contribution in [3.8, 4) is 0 Å². The number of nitrogens with zero attached hydrogens (tertiary/aromatic N) is 2. The van der Waals surface area contributed by atoms with Gasteiger partial charge in [0.15, 0.2) is 5.11 Å². The molecule has 1 aromatic carbocycles. The fourth-order valence-electron chi connectivity index (χ4n) is 3.91. The monoisotopic (exact) mass is 387 g/mol. The highest BCUT2D eigenvalue weighted by molar-refractivity contribution is 7.80. The van der Waals surface area contributed by atoms with Crippen LogP contribution in [-0.4, -0.2) is 33.6 Å². The van der Waals surface area contributed by atoms with E-state index in [1.54, 1.807) is 30.3 Å². The molecule has 0 spiro atoms. The Hall–Kier alpha value is -2.18. The first-order valence-electron chi connectivity index (χ1n) is 8.57. The van der Waals surface area contributed by atoms with Gasteiger partial charge in [-0.05, 0) is 54.9 Å². The molecule has 2 aliphatic heterocycles. The fraction of sp³-hybridized carbons (Fsp3) is 0.316. The second-order valence-electron chi connectivity index (χ2n) is 6.87. The van der Waals surface area contributed by atoms with Gasteiger partial charge >= 0.3 is 0 Å². The Kier molecular flexibility index (Phi) is 4.54. The number of hydrogen-bond donors (Lipinski definition) is 1. The van der Waals surface area contributed by atoms with E-state index in [9.17, 15) is 9.59 Å². The number of carbonyl (C=O) groups is 1. The summed E-state index contributed by atoms with van der Waals surface area (Å²) in [7, 11) is 0. The van der Waals surface area contributed by atoms with Gasteiger partial charge in [0, 0.05) is 47.9 Å². The molecular weight excluding hydrogens is 370 g/mol. The average Bonchev–Trinajstić information content (AvgIpc) is 2.63. The van der Waals surface area contributed by atoms with Crippen molar-refractivity contribution in [3.05, 3.63) is 69.1 Å². The molecule has 0 saturated carbocycles. The lowest BCUT2D eigenvalue weighted by molar-refractivity contribution is 0.0968. The minimum absolute atomic E-state index is 0.0595. The van der Waals surface area contributed by atoms with Crippen molar-refractivity contribution in [2.45, 2.75) is 18.9 Å². The first-order valence-corrected chi connectivity index (χ1v) is 9.35. The standard InChI is InChI=1S/C19H18ClN3O2S/c20-15-6-4-13(5-7-15)18(25)21-19(26)22-9-12-8-14(11-22)16-2-1-3-17(24)23(16)10-12/h1-7,12,14H,8-11H2,(H,21,25,26)/t12-,14-/m0/s1. The van der Waals surface area contributed by atoms with Crippen LogP contribution < -0.4 is 10.9 Å². The smallest absolute Gasteiger partial charge is 0.257 e. The van der Waals surface area contributed by atoms with E-state index in [1.165, 1.54) is 0 Å². The molecule has 7 heteroatoms. The van der Waals surface area contributed by atoms with Crippen LogP contribution in [0.5, 0.6) is 0 Å². The number of nitrogens with one attached hydrogen (secondary N) is 1. The molecule has 1 N–H and O–H groups in total. The van der Waals surface area contributed by atoms with Gasteiger partial charge in [0.1, 0.15) is 0 Å². The molecule has 1 fully saturated rings. The van der Waals surface area contributed by atoms with Gasteiger partial charge in [0.2, 0.25) is 0 Å². The summed E-state index contributed by atoms with van der Waals surface area (Å²) < 4.78 is 1.88. The molecule has 2 atom stereocenters. The summed E-state index contributed by atoms with van der Waals surface area (Å²) in [6.45, 7) is 2.16. The third-order valence-corrected chi connectivity index (χ3v) is 5.71. The van der Waals surface area contributed by atoms with Gasteiger partial charge in [-0.1, -0.05) is 17.7 Å². The van der Waals surface area contributed by atoms with Gasteiger partial charge in [0.25, 0.3) is 11.5 Å². The summed E-state index contributed by atoms with van der Waals surface area (Å²) in [5, 5.41) is 3.84. The molecule has 3 heterocycles. The SMILES string of the molecule is O=C(NC(=S)N1C[C@@H]2C[C@@H](C1)c1cccc(=O)n1C2)c1ccc(Cl)cc1. The molecule has 1 saturated heterocycles. The van der Waals surface area contributed by atoms with E-state index >= 15 is 0 Å². The van der Waals surface area contributed by atoms with Crippen molar-refractivity contribution in [2.24, 2.45) is 5.92 Å². The highest BCUT2D eigenvalue weighted by Crippen LogP contribution is 2.34. The molecule has 2 aromatic rings. The van der Waals surface area contributed by atoms with Crippen molar-refractivity contribution < 1.29 is 4.79 Å². The van der Waals surface area contributed by atoms with E-state index < -0.39 is 0 Å². The Morgan fingerprint density at radius 2 is 1.88 bits per heavy atom. The Balaban J connectivity index is 1.48. The second kappa shape index (κ2) is 6.85. The zero-order valence-electron chi connectivity index (χ0n) is 14.0. The van der Waals surface area contributed by atoms with Crippen LogP contribution in [0.15, 0.2) is 47.3 Å². The number of halogens is 1. The van der Waals surface area contributed by atoms with E-state index in [4.69, 9.17) is 23.8 Å². The van der Waals surface area contributed by atoms with E-state index in [-0.39, 0.29) is 17.4 Å².